The summed E-state index contributed by atoms with van der Waals surface area (Å²) in [6, 6.07) is 8.11. The van der Waals surface area contributed by atoms with E-state index < -0.39 is 0 Å². The molecule has 0 unspecified atom stereocenters. The molecule has 0 aliphatic carbocycles. The van der Waals surface area contributed by atoms with E-state index in [9.17, 15) is 0 Å². The van der Waals surface area contributed by atoms with E-state index in [1.807, 2.05) is 42.9 Å². The van der Waals surface area contributed by atoms with E-state index in [2.05, 4.69) is 11.2 Å². The minimum absolute atomic E-state index is 0.727. The molecule has 0 fully saturated rings. The molecule has 0 aliphatic rings. The lowest BCUT2D eigenvalue weighted by atomic mass is 10.1. The Balaban J connectivity index is 2.72. The minimum Gasteiger partial charge on any atom is -0.411 e. The molecule has 1 N–H and O–H groups in total. The second-order valence-electron chi connectivity index (χ2n) is 3.57. The van der Waals surface area contributed by atoms with Crippen LogP contribution in [0.2, 0.25) is 0 Å². The second-order valence-corrected chi connectivity index (χ2v) is 3.57. The van der Waals surface area contributed by atoms with Gasteiger partial charge in [-0.25, -0.2) is 0 Å². The summed E-state index contributed by atoms with van der Waals surface area (Å²) in [7, 11) is 2.00. The lowest BCUT2D eigenvalue weighted by molar-refractivity contribution is 0.318. The molecule has 2 rings (SSSR count). The maximum atomic E-state index is 8.93. The van der Waals surface area contributed by atoms with Crippen molar-refractivity contribution in [3.63, 3.8) is 0 Å². The van der Waals surface area contributed by atoms with Crippen LogP contribution in [0.1, 0.15) is 18.9 Å². The van der Waals surface area contributed by atoms with Gasteiger partial charge in [-0.15, -0.1) is 0 Å². The van der Waals surface area contributed by atoms with Gasteiger partial charge in [-0.05, 0) is 12.5 Å². The Morgan fingerprint density at radius 2 is 2.13 bits per heavy atom. The first-order chi connectivity index (χ1) is 7.27. The third-order valence-corrected chi connectivity index (χ3v) is 2.66. The monoisotopic (exact) mass is 202 g/mol. The molecule has 0 atom stereocenters. The van der Waals surface area contributed by atoms with Crippen LogP contribution in [0.15, 0.2) is 35.6 Å². The normalized spacial score (nSPS) is 12.3. The van der Waals surface area contributed by atoms with Gasteiger partial charge in [-0.3, -0.25) is 0 Å². The summed E-state index contributed by atoms with van der Waals surface area (Å²) in [6.45, 7) is 1.98. The van der Waals surface area contributed by atoms with Gasteiger partial charge < -0.3 is 9.77 Å². The van der Waals surface area contributed by atoms with Gasteiger partial charge in [0.05, 0.1) is 5.71 Å². The summed E-state index contributed by atoms with van der Waals surface area (Å²) in [5.41, 5.74) is 2.90. The fourth-order valence-electron chi connectivity index (χ4n) is 1.89. The zero-order chi connectivity index (χ0) is 10.8. The molecule has 1 heterocycles. The first-order valence-electron chi connectivity index (χ1n) is 5.03. The van der Waals surface area contributed by atoms with Gasteiger partial charge in [-0.1, -0.05) is 30.3 Å². The maximum absolute atomic E-state index is 8.93. The van der Waals surface area contributed by atoms with Crippen molar-refractivity contribution in [1.29, 1.82) is 0 Å². The third-order valence-electron chi connectivity index (χ3n) is 2.66. The van der Waals surface area contributed by atoms with Crippen LogP contribution in [0.4, 0.5) is 0 Å². The smallest absolute Gasteiger partial charge is 0.0886 e. The molecule has 0 saturated heterocycles. The molecule has 3 nitrogen and oxygen atoms in total. The fraction of sp³-hybridized carbons (Fsp3) is 0.250. The predicted molar refractivity (Wildman–Crippen MR) is 61.5 cm³/mol. The number of nitrogens with zero attached hydrogens (tertiary/aromatic N) is 2. The van der Waals surface area contributed by atoms with E-state index in [0.29, 0.717) is 0 Å². The highest BCUT2D eigenvalue weighted by atomic mass is 16.4. The van der Waals surface area contributed by atoms with Crippen molar-refractivity contribution in [3.8, 4) is 0 Å². The molecule has 0 amide bonds. The zero-order valence-electron chi connectivity index (χ0n) is 8.94. The first kappa shape index (κ1) is 9.77. The molecule has 15 heavy (non-hydrogen) atoms. The number of fused-ring (bicyclic) bond motifs is 1. The molecule has 0 bridgehead atoms. The van der Waals surface area contributed by atoms with E-state index in [0.717, 1.165) is 28.6 Å². The largest absolute Gasteiger partial charge is 0.411 e. The summed E-state index contributed by atoms with van der Waals surface area (Å²) in [5.74, 6) is 0. The van der Waals surface area contributed by atoms with Crippen molar-refractivity contribution < 1.29 is 5.21 Å². The average Bonchev–Trinajstić information content (AvgIpc) is 2.60. The molecule has 0 radical (unpaired) electrons. The summed E-state index contributed by atoms with van der Waals surface area (Å²) < 4.78 is 2.05. The van der Waals surface area contributed by atoms with Crippen LogP contribution in [0.25, 0.3) is 10.9 Å². The minimum atomic E-state index is 0.727. The molecule has 3 heteroatoms. The summed E-state index contributed by atoms with van der Waals surface area (Å²) in [6.07, 6.45) is 2.73. The van der Waals surface area contributed by atoms with E-state index in [4.69, 9.17) is 5.21 Å². The van der Waals surface area contributed by atoms with Crippen molar-refractivity contribution in [2.45, 2.75) is 13.3 Å². The van der Waals surface area contributed by atoms with Gasteiger partial charge >= 0.3 is 0 Å². The first-order valence-corrected chi connectivity index (χ1v) is 5.03. The standard InChI is InChI=1S/C12H14N2O/c1-3-11(13-15)10-8-14(2)12-7-5-4-6-9(10)12/h4-8,15H,3H2,1-2H3/b13-11+. The lowest BCUT2D eigenvalue weighted by Crippen LogP contribution is -1.97. The van der Waals surface area contributed by atoms with Gasteiger partial charge in [0, 0.05) is 29.7 Å². The second kappa shape index (κ2) is 3.77. The Morgan fingerprint density at radius 1 is 1.40 bits per heavy atom. The summed E-state index contributed by atoms with van der Waals surface area (Å²) >= 11 is 0. The highest BCUT2D eigenvalue weighted by molar-refractivity contribution is 6.10. The molecule has 0 spiro atoms. The Bertz CT molecular complexity index is 511. The molecular weight excluding hydrogens is 188 g/mol. The van der Waals surface area contributed by atoms with E-state index in [-0.39, 0.29) is 0 Å². The number of oxime groups is 1. The Morgan fingerprint density at radius 3 is 2.80 bits per heavy atom. The van der Waals surface area contributed by atoms with E-state index in [1.54, 1.807) is 0 Å². The summed E-state index contributed by atoms with van der Waals surface area (Å²) in [4.78, 5) is 0. The van der Waals surface area contributed by atoms with Crippen LogP contribution < -0.4 is 0 Å². The van der Waals surface area contributed by atoms with Crippen molar-refractivity contribution in [2.24, 2.45) is 12.2 Å². The van der Waals surface area contributed by atoms with Crippen molar-refractivity contribution in [1.82, 2.24) is 4.57 Å². The molecule has 0 saturated carbocycles. The SMILES string of the molecule is CC/C(=N\O)c1cn(C)c2ccccc12. The number of aryl methyl sites for hydroxylation is 1. The van der Waals surface area contributed by atoms with Crippen LogP contribution in [-0.2, 0) is 7.05 Å². The average molecular weight is 202 g/mol. The van der Waals surface area contributed by atoms with Gasteiger partial charge in [-0.2, -0.15) is 0 Å². The summed E-state index contributed by atoms with van der Waals surface area (Å²) in [5, 5.41) is 13.4. The molecule has 2 aromatic rings. The third kappa shape index (κ3) is 1.50. The lowest BCUT2D eigenvalue weighted by Gasteiger charge is -1.97. The molecule has 1 aromatic carbocycles. The maximum Gasteiger partial charge on any atom is 0.0886 e. The number of rotatable bonds is 2. The van der Waals surface area contributed by atoms with Crippen LogP contribution in [0.3, 0.4) is 0 Å². The predicted octanol–water partition coefficient (Wildman–Crippen LogP) is 2.77. The van der Waals surface area contributed by atoms with Crippen LogP contribution in [0, 0.1) is 0 Å². The number of hydrogen-bond acceptors (Lipinski definition) is 2. The number of para-hydroxylation sites is 1. The Kier molecular flexibility index (Phi) is 2.46. The molecule has 0 aliphatic heterocycles. The molecule has 1 aromatic heterocycles. The molecule has 78 valence electrons. The Labute approximate surface area is 88.6 Å². The van der Waals surface area contributed by atoms with Crippen LogP contribution in [-0.4, -0.2) is 15.5 Å². The highest BCUT2D eigenvalue weighted by Crippen LogP contribution is 2.21. The topological polar surface area (TPSA) is 37.5 Å². The Hall–Kier alpha value is -1.77. The van der Waals surface area contributed by atoms with E-state index >= 15 is 0 Å². The van der Waals surface area contributed by atoms with Gasteiger partial charge in [0.1, 0.15) is 0 Å². The van der Waals surface area contributed by atoms with Crippen molar-refractivity contribution in [3.05, 3.63) is 36.0 Å². The molecular formula is C12H14N2O. The zero-order valence-corrected chi connectivity index (χ0v) is 8.94. The quantitative estimate of drug-likeness (QED) is 0.454. The number of hydrogen-bond donors (Lipinski definition) is 1. The fourth-order valence-corrected chi connectivity index (χ4v) is 1.89. The van der Waals surface area contributed by atoms with Crippen molar-refractivity contribution in [2.75, 3.05) is 0 Å². The number of aromatic nitrogens is 1. The highest BCUT2D eigenvalue weighted by Gasteiger charge is 2.10. The van der Waals surface area contributed by atoms with Gasteiger partial charge in [0.2, 0.25) is 0 Å². The van der Waals surface area contributed by atoms with Crippen molar-refractivity contribution >= 4 is 16.6 Å². The van der Waals surface area contributed by atoms with Crippen LogP contribution in [0.5, 0.6) is 0 Å². The van der Waals surface area contributed by atoms with Crippen LogP contribution >= 0.6 is 0 Å². The van der Waals surface area contributed by atoms with Gasteiger partial charge in [0.15, 0.2) is 0 Å². The van der Waals surface area contributed by atoms with Gasteiger partial charge in [0.25, 0.3) is 0 Å². The number of benzene rings is 1. The van der Waals surface area contributed by atoms with E-state index in [1.165, 1.54) is 0 Å².